The summed E-state index contributed by atoms with van der Waals surface area (Å²) in [6, 6.07) is 5.36. The van der Waals surface area contributed by atoms with Gasteiger partial charge < -0.3 is 9.47 Å². The van der Waals surface area contributed by atoms with Crippen LogP contribution in [0.2, 0.25) is 0 Å². The van der Waals surface area contributed by atoms with Gasteiger partial charge in [-0.3, -0.25) is 0 Å². The summed E-state index contributed by atoms with van der Waals surface area (Å²) in [5, 5.41) is 3.47. The van der Waals surface area contributed by atoms with Gasteiger partial charge in [-0.25, -0.2) is 0 Å². The van der Waals surface area contributed by atoms with Crippen LogP contribution < -0.4 is 9.47 Å². The van der Waals surface area contributed by atoms with Crippen LogP contribution in [0, 0.1) is 0 Å². The summed E-state index contributed by atoms with van der Waals surface area (Å²) in [6.45, 7) is 0.281. The lowest BCUT2D eigenvalue weighted by molar-refractivity contribution is 0.391. The van der Waals surface area contributed by atoms with E-state index in [-0.39, 0.29) is 14.0 Å². The predicted molar refractivity (Wildman–Crippen MR) is 59.1 cm³/mol. The molecule has 82 valence electrons. The standard InChI is InChI=1S/C9H11N3O2.CH4/c1-13-8-4-3-7(6-11-12-10)9(5-8)14-2;/h3-5H,6H2,1-2H3;1H4. The van der Waals surface area contributed by atoms with E-state index in [1.165, 1.54) is 0 Å². The molecule has 1 rings (SSSR count). The van der Waals surface area contributed by atoms with Gasteiger partial charge in [0.05, 0.1) is 20.8 Å². The SMILES string of the molecule is C.COc1ccc(CN=[N+]=[N-])c(OC)c1. The Hall–Kier alpha value is -1.87. The summed E-state index contributed by atoms with van der Waals surface area (Å²) < 4.78 is 10.2. The number of benzene rings is 1. The minimum Gasteiger partial charge on any atom is -0.497 e. The first-order chi connectivity index (χ1) is 6.81. The first-order valence-electron chi connectivity index (χ1n) is 4.03. The van der Waals surface area contributed by atoms with Crippen molar-refractivity contribution in [2.75, 3.05) is 14.2 Å². The predicted octanol–water partition coefficient (Wildman–Crippen LogP) is 3.15. The molecule has 1 aromatic rings. The number of hydrogen-bond acceptors (Lipinski definition) is 3. The molecule has 0 saturated carbocycles. The molecule has 0 aromatic heterocycles. The molecule has 0 aliphatic carbocycles. The maximum absolute atomic E-state index is 8.18. The Morgan fingerprint density at radius 3 is 2.60 bits per heavy atom. The maximum atomic E-state index is 8.18. The van der Waals surface area contributed by atoms with Gasteiger partial charge in [0.2, 0.25) is 0 Å². The van der Waals surface area contributed by atoms with Crippen LogP contribution in [0.15, 0.2) is 23.3 Å². The van der Waals surface area contributed by atoms with Crippen molar-refractivity contribution in [1.82, 2.24) is 0 Å². The van der Waals surface area contributed by atoms with Gasteiger partial charge in [0.25, 0.3) is 0 Å². The maximum Gasteiger partial charge on any atom is 0.125 e. The van der Waals surface area contributed by atoms with Crippen molar-refractivity contribution in [2.24, 2.45) is 5.11 Å². The van der Waals surface area contributed by atoms with Crippen LogP contribution in [-0.4, -0.2) is 14.2 Å². The molecule has 0 unspecified atom stereocenters. The number of azide groups is 1. The molecule has 0 atom stereocenters. The van der Waals surface area contributed by atoms with Crippen molar-refractivity contribution in [3.05, 3.63) is 34.2 Å². The molecule has 0 aliphatic rings. The zero-order chi connectivity index (χ0) is 10.4. The molecule has 0 N–H and O–H groups in total. The van der Waals surface area contributed by atoms with Crippen LogP contribution in [-0.2, 0) is 6.54 Å². The molecule has 0 radical (unpaired) electrons. The lowest BCUT2D eigenvalue weighted by Gasteiger charge is -2.07. The Labute approximate surface area is 89.3 Å². The number of methoxy groups -OCH3 is 2. The molecule has 1 aromatic carbocycles. The van der Waals surface area contributed by atoms with Crippen LogP contribution in [0.3, 0.4) is 0 Å². The summed E-state index contributed by atoms with van der Waals surface area (Å²) in [6.07, 6.45) is 0. The molecular weight excluding hydrogens is 194 g/mol. The molecule has 0 spiro atoms. The zero-order valence-corrected chi connectivity index (χ0v) is 8.10. The largest absolute Gasteiger partial charge is 0.497 e. The summed E-state index contributed by atoms with van der Waals surface area (Å²) in [4.78, 5) is 2.69. The Kier molecular flexibility index (Phi) is 5.75. The average Bonchev–Trinajstić information content (AvgIpc) is 2.26. The number of ether oxygens (including phenoxy) is 2. The lowest BCUT2D eigenvalue weighted by Crippen LogP contribution is -1.92. The van der Waals surface area contributed by atoms with Crippen molar-refractivity contribution in [1.29, 1.82) is 0 Å². The van der Waals surface area contributed by atoms with E-state index in [0.717, 1.165) is 5.56 Å². The molecular formula is C10H15N3O2. The first kappa shape index (κ1) is 13.1. The van der Waals surface area contributed by atoms with E-state index in [9.17, 15) is 0 Å². The van der Waals surface area contributed by atoms with Crippen LogP contribution in [0.25, 0.3) is 10.4 Å². The van der Waals surface area contributed by atoms with Crippen molar-refractivity contribution in [2.45, 2.75) is 14.0 Å². The van der Waals surface area contributed by atoms with Crippen molar-refractivity contribution in [3.8, 4) is 11.5 Å². The highest BCUT2D eigenvalue weighted by molar-refractivity contribution is 5.40. The molecule has 5 heteroatoms. The van der Waals surface area contributed by atoms with E-state index in [0.29, 0.717) is 11.5 Å². The summed E-state index contributed by atoms with van der Waals surface area (Å²) >= 11 is 0. The van der Waals surface area contributed by atoms with Crippen LogP contribution in [0.5, 0.6) is 11.5 Å². The van der Waals surface area contributed by atoms with Crippen LogP contribution >= 0.6 is 0 Å². The van der Waals surface area contributed by atoms with Gasteiger partial charge in [0.1, 0.15) is 11.5 Å². The van der Waals surface area contributed by atoms with E-state index < -0.39 is 0 Å². The second-order valence-electron chi connectivity index (χ2n) is 2.57. The van der Waals surface area contributed by atoms with Gasteiger partial charge in [-0.2, -0.15) is 0 Å². The van der Waals surface area contributed by atoms with E-state index in [4.69, 9.17) is 15.0 Å². The highest BCUT2D eigenvalue weighted by atomic mass is 16.5. The minimum absolute atomic E-state index is 0. The van der Waals surface area contributed by atoms with E-state index in [2.05, 4.69) is 10.0 Å². The topological polar surface area (TPSA) is 67.2 Å². The molecule has 0 bridgehead atoms. The Balaban J connectivity index is 0.00000196. The molecule has 0 fully saturated rings. The first-order valence-corrected chi connectivity index (χ1v) is 4.03. The zero-order valence-electron chi connectivity index (χ0n) is 8.10. The number of nitrogens with zero attached hydrogens (tertiary/aromatic N) is 3. The average molecular weight is 209 g/mol. The third-order valence-corrected chi connectivity index (χ3v) is 1.80. The van der Waals surface area contributed by atoms with Gasteiger partial charge in [0.15, 0.2) is 0 Å². The molecule has 0 amide bonds. The van der Waals surface area contributed by atoms with E-state index in [1.807, 2.05) is 6.07 Å². The van der Waals surface area contributed by atoms with Crippen LogP contribution in [0.4, 0.5) is 0 Å². The number of rotatable bonds is 4. The third kappa shape index (κ3) is 3.40. The van der Waals surface area contributed by atoms with Gasteiger partial charge >= 0.3 is 0 Å². The van der Waals surface area contributed by atoms with Crippen LogP contribution in [0.1, 0.15) is 13.0 Å². The third-order valence-electron chi connectivity index (χ3n) is 1.80. The van der Waals surface area contributed by atoms with Crippen molar-refractivity contribution < 1.29 is 9.47 Å². The Morgan fingerprint density at radius 1 is 1.33 bits per heavy atom. The van der Waals surface area contributed by atoms with E-state index in [1.54, 1.807) is 26.4 Å². The molecule has 0 saturated heterocycles. The summed E-state index contributed by atoms with van der Waals surface area (Å²) in [5.74, 6) is 1.38. The van der Waals surface area contributed by atoms with Gasteiger partial charge in [-0.05, 0) is 11.6 Å². The summed E-state index contributed by atoms with van der Waals surface area (Å²) in [5.41, 5.74) is 9.02. The molecule has 0 aliphatic heterocycles. The molecule has 5 nitrogen and oxygen atoms in total. The fourth-order valence-corrected chi connectivity index (χ4v) is 1.09. The Bertz CT molecular complexity index is 360. The minimum atomic E-state index is 0. The smallest absolute Gasteiger partial charge is 0.125 e. The van der Waals surface area contributed by atoms with Gasteiger partial charge in [-0.1, -0.05) is 18.6 Å². The van der Waals surface area contributed by atoms with Gasteiger partial charge in [0, 0.05) is 16.5 Å². The lowest BCUT2D eigenvalue weighted by atomic mass is 10.2. The second kappa shape index (κ2) is 6.56. The second-order valence-corrected chi connectivity index (χ2v) is 2.57. The quantitative estimate of drug-likeness (QED) is 0.434. The molecule has 15 heavy (non-hydrogen) atoms. The van der Waals surface area contributed by atoms with E-state index >= 15 is 0 Å². The summed E-state index contributed by atoms with van der Waals surface area (Å²) in [7, 11) is 3.15. The monoisotopic (exact) mass is 209 g/mol. The molecule has 0 heterocycles. The van der Waals surface area contributed by atoms with Gasteiger partial charge in [-0.15, -0.1) is 0 Å². The highest BCUT2D eigenvalue weighted by Gasteiger charge is 2.03. The fourth-order valence-electron chi connectivity index (χ4n) is 1.09. The highest BCUT2D eigenvalue weighted by Crippen LogP contribution is 2.24. The number of hydrogen-bond donors (Lipinski definition) is 0. The van der Waals surface area contributed by atoms with Crippen molar-refractivity contribution in [3.63, 3.8) is 0 Å². The normalized spacial score (nSPS) is 8.40. The van der Waals surface area contributed by atoms with Crippen molar-refractivity contribution >= 4 is 0 Å². The fraction of sp³-hybridized carbons (Fsp3) is 0.400. The Morgan fingerprint density at radius 2 is 2.07 bits per heavy atom.